The number of hydrogen-bond acceptors (Lipinski definition) is 8. The number of aromatic nitrogens is 1. The standard InChI is InChI=1S/C20H24N2O5.2CH2O2/c1-25-17-4-3-14(13-18(17)26-2)19(20(23)24)22-11-7-16(8-12-22)27-15-5-9-21-10-6-15;2*2-1-3/h3-6,9-10,13,16,19H,7-8,11-12H2,1-2H3,(H,23,24);2*1H,(H,2,3). The molecule has 2 heterocycles. The zero-order chi connectivity index (χ0) is 24.6. The maximum Gasteiger partial charge on any atom is 0.325 e. The Morgan fingerprint density at radius 1 is 1.03 bits per heavy atom. The SMILES string of the molecule is COc1ccc(C(C(=O)O)N2CCC(Oc3ccncc3)CC2)cc1OC.O=CO.O=CO. The van der Waals surface area contributed by atoms with Crippen molar-refractivity contribution < 1.29 is 43.9 Å². The minimum Gasteiger partial charge on any atom is -0.493 e. The second-order valence-corrected chi connectivity index (χ2v) is 6.60. The van der Waals surface area contributed by atoms with Gasteiger partial charge < -0.3 is 29.5 Å². The van der Waals surface area contributed by atoms with Crippen LogP contribution in [0.1, 0.15) is 24.4 Å². The highest BCUT2D eigenvalue weighted by atomic mass is 16.5. The fourth-order valence-corrected chi connectivity index (χ4v) is 3.39. The van der Waals surface area contributed by atoms with Crippen LogP contribution in [0, 0.1) is 0 Å². The highest BCUT2D eigenvalue weighted by Gasteiger charge is 2.32. The molecule has 3 rings (SSSR count). The normalized spacial score (nSPS) is 14.2. The van der Waals surface area contributed by atoms with Crippen LogP contribution in [0.25, 0.3) is 0 Å². The molecule has 1 atom stereocenters. The molecule has 0 radical (unpaired) electrons. The third-order valence-electron chi connectivity index (χ3n) is 4.75. The molecule has 1 fully saturated rings. The van der Waals surface area contributed by atoms with Crippen molar-refractivity contribution in [2.75, 3.05) is 27.3 Å². The number of carboxylic acids is 1. The van der Waals surface area contributed by atoms with Crippen molar-refractivity contribution in [3.63, 3.8) is 0 Å². The predicted molar refractivity (Wildman–Crippen MR) is 117 cm³/mol. The largest absolute Gasteiger partial charge is 0.493 e. The van der Waals surface area contributed by atoms with Crippen LogP contribution < -0.4 is 14.2 Å². The van der Waals surface area contributed by atoms with Crippen molar-refractivity contribution in [2.45, 2.75) is 25.0 Å². The number of nitrogens with zero attached hydrogens (tertiary/aromatic N) is 2. The molecule has 1 aliphatic rings. The molecule has 2 aromatic rings. The molecule has 11 heteroatoms. The van der Waals surface area contributed by atoms with Gasteiger partial charge in [-0.15, -0.1) is 0 Å². The summed E-state index contributed by atoms with van der Waals surface area (Å²) in [4.78, 5) is 34.6. The third-order valence-corrected chi connectivity index (χ3v) is 4.75. The molecule has 33 heavy (non-hydrogen) atoms. The van der Waals surface area contributed by atoms with E-state index in [-0.39, 0.29) is 19.0 Å². The first kappa shape index (κ1) is 27.2. The van der Waals surface area contributed by atoms with Gasteiger partial charge in [0.25, 0.3) is 12.9 Å². The van der Waals surface area contributed by atoms with Crippen LogP contribution in [-0.2, 0) is 14.4 Å². The van der Waals surface area contributed by atoms with E-state index in [9.17, 15) is 9.90 Å². The van der Waals surface area contributed by atoms with Crippen molar-refractivity contribution in [2.24, 2.45) is 0 Å². The second kappa shape index (κ2) is 15.0. The van der Waals surface area contributed by atoms with Gasteiger partial charge in [0.05, 0.1) is 14.2 Å². The fourth-order valence-electron chi connectivity index (χ4n) is 3.39. The Bertz CT molecular complexity index is 850. The van der Waals surface area contributed by atoms with Crippen molar-refractivity contribution in [1.82, 2.24) is 9.88 Å². The molecule has 0 aliphatic carbocycles. The Morgan fingerprint density at radius 2 is 1.58 bits per heavy atom. The van der Waals surface area contributed by atoms with Gasteiger partial charge in [0.2, 0.25) is 0 Å². The molecule has 0 saturated carbocycles. The lowest BCUT2D eigenvalue weighted by Crippen LogP contribution is -2.43. The predicted octanol–water partition coefficient (Wildman–Crippen LogP) is 2.17. The van der Waals surface area contributed by atoms with Gasteiger partial charge in [0.1, 0.15) is 17.9 Å². The number of hydrogen-bond donors (Lipinski definition) is 3. The molecule has 1 aliphatic heterocycles. The van der Waals surface area contributed by atoms with Gasteiger partial charge in [-0.05, 0) is 42.7 Å². The summed E-state index contributed by atoms with van der Waals surface area (Å²) in [5, 5.41) is 23.6. The quantitative estimate of drug-likeness (QED) is 0.516. The first-order valence-corrected chi connectivity index (χ1v) is 9.86. The summed E-state index contributed by atoms with van der Waals surface area (Å²) in [7, 11) is 3.10. The average molecular weight is 464 g/mol. The Labute approximate surface area is 191 Å². The first-order chi connectivity index (χ1) is 15.9. The molecule has 1 unspecified atom stereocenters. The van der Waals surface area contributed by atoms with Crippen LogP contribution >= 0.6 is 0 Å². The molecular weight excluding hydrogens is 436 g/mol. The van der Waals surface area contributed by atoms with E-state index in [0.29, 0.717) is 30.2 Å². The molecular formula is C22H28N2O9. The van der Waals surface area contributed by atoms with Crippen molar-refractivity contribution in [1.29, 1.82) is 0 Å². The van der Waals surface area contributed by atoms with E-state index in [1.54, 1.807) is 44.8 Å². The lowest BCUT2D eigenvalue weighted by atomic mass is 10.00. The minimum absolute atomic E-state index is 0.0727. The maximum atomic E-state index is 12.0. The van der Waals surface area contributed by atoms with Crippen LogP contribution in [0.2, 0.25) is 0 Å². The summed E-state index contributed by atoms with van der Waals surface area (Å²) in [6.07, 6.45) is 4.99. The molecule has 3 N–H and O–H groups in total. The molecule has 11 nitrogen and oxygen atoms in total. The molecule has 0 spiro atoms. The van der Waals surface area contributed by atoms with Crippen LogP contribution in [0.4, 0.5) is 0 Å². The first-order valence-electron chi connectivity index (χ1n) is 9.86. The maximum absolute atomic E-state index is 12.0. The zero-order valence-electron chi connectivity index (χ0n) is 18.4. The van der Waals surface area contributed by atoms with E-state index in [4.69, 9.17) is 34.0 Å². The fraction of sp³-hybridized carbons (Fsp3) is 0.364. The van der Waals surface area contributed by atoms with E-state index in [1.807, 2.05) is 17.0 Å². The molecule has 1 aromatic heterocycles. The van der Waals surface area contributed by atoms with Crippen molar-refractivity contribution >= 4 is 18.9 Å². The van der Waals surface area contributed by atoms with Gasteiger partial charge in [-0.1, -0.05) is 6.07 Å². The van der Waals surface area contributed by atoms with Gasteiger partial charge >= 0.3 is 5.97 Å². The van der Waals surface area contributed by atoms with Gasteiger partial charge in [0.15, 0.2) is 11.5 Å². The number of methoxy groups -OCH3 is 2. The highest BCUT2D eigenvalue weighted by molar-refractivity contribution is 5.76. The number of ether oxygens (including phenoxy) is 3. The number of likely N-dealkylation sites (tertiary alicyclic amines) is 1. The summed E-state index contributed by atoms with van der Waals surface area (Å²) in [6.45, 7) is 0.780. The number of pyridine rings is 1. The van der Waals surface area contributed by atoms with Crippen molar-refractivity contribution in [3.05, 3.63) is 48.3 Å². The van der Waals surface area contributed by atoms with Gasteiger partial charge in [-0.25, -0.2) is 0 Å². The highest BCUT2D eigenvalue weighted by Crippen LogP contribution is 2.33. The van der Waals surface area contributed by atoms with Crippen molar-refractivity contribution in [3.8, 4) is 17.2 Å². The Morgan fingerprint density at radius 3 is 2.06 bits per heavy atom. The Hall–Kier alpha value is -3.86. The lowest BCUT2D eigenvalue weighted by molar-refractivity contribution is -0.144. The smallest absolute Gasteiger partial charge is 0.325 e. The lowest BCUT2D eigenvalue weighted by Gasteiger charge is -2.36. The number of benzene rings is 1. The van der Waals surface area contributed by atoms with Crippen LogP contribution in [-0.4, -0.2) is 77.5 Å². The zero-order valence-corrected chi connectivity index (χ0v) is 18.4. The monoisotopic (exact) mass is 464 g/mol. The summed E-state index contributed by atoms with van der Waals surface area (Å²) in [5.74, 6) is 1.01. The van der Waals surface area contributed by atoms with E-state index < -0.39 is 12.0 Å². The van der Waals surface area contributed by atoms with E-state index in [0.717, 1.165) is 18.6 Å². The van der Waals surface area contributed by atoms with Gasteiger partial charge in [-0.3, -0.25) is 24.3 Å². The van der Waals surface area contributed by atoms with E-state index >= 15 is 0 Å². The average Bonchev–Trinajstić information content (AvgIpc) is 2.82. The molecule has 1 saturated heterocycles. The van der Waals surface area contributed by atoms with Gasteiger partial charge in [0, 0.05) is 25.5 Å². The third kappa shape index (κ3) is 8.65. The van der Waals surface area contributed by atoms with Crippen LogP contribution in [0.15, 0.2) is 42.7 Å². The van der Waals surface area contributed by atoms with Crippen LogP contribution in [0.5, 0.6) is 17.2 Å². The van der Waals surface area contributed by atoms with E-state index in [1.165, 1.54) is 0 Å². The summed E-state index contributed by atoms with van der Waals surface area (Å²) in [5.41, 5.74) is 0.675. The van der Waals surface area contributed by atoms with Crippen LogP contribution in [0.3, 0.4) is 0 Å². The Kier molecular flexibility index (Phi) is 12.4. The Balaban J connectivity index is 0.000000819. The minimum atomic E-state index is -0.879. The topological polar surface area (TPSA) is 156 Å². The van der Waals surface area contributed by atoms with E-state index in [2.05, 4.69) is 4.98 Å². The molecule has 0 bridgehead atoms. The number of aliphatic carboxylic acids is 1. The number of carboxylic acid groups (broad SMARTS) is 3. The summed E-state index contributed by atoms with van der Waals surface area (Å²) < 4.78 is 16.5. The molecule has 180 valence electrons. The second-order valence-electron chi connectivity index (χ2n) is 6.60. The molecule has 0 amide bonds. The summed E-state index contributed by atoms with van der Waals surface area (Å²) >= 11 is 0. The number of piperidine rings is 1. The summed E-state index contributed by atoms with van der Waals surface area (Å²) in [6, 6.07) is 8.18. The number of rotatable bonds is 7. The number of carbonyl (C=O) groups is 3. The van der Waals surface area contributed by atoms with Gasteiger partial charge in [-0.2, -0.15) is 0 Å². The molecule has 1 aromatic carbocycles.